The first-order valence-corrected chi connectivity index (χ1v) is 33.0. The molecule has 0 aliphatic heterocycles. The fourth-order valence-electron chi connectivity index (χ4n) is 8.24. The van der Waals surface area contributed by atoms with Crippen LogP contribution in [-0.2, 0) is 52.7 Å². The van der Waals surface area contributed by atoms with Crippen LogP contribution >= 0.6 is 35.3 Å². The molecule has 0 fully saturated rings. The predicted molar refractivity (Wildman–Crippen MR) is 367 cm³/mol. The Morgan fingerprint density at radius 2 is 0.753 bits per heavy atom. The Labute approximate surface area is 541 Å². The minimum absolute atomic E-state index is 0.150. The van der Waals surface area contributed by atoms with Gasteiger partial charge in [0, 0.05) is 44.6 Å². The molecule has 0 N–H and O–H groups in total. The third kappa shape index (κ3) is 29.3. The third-order valence-electron chi connectivity index (χ3n) is 13.5. The topological polar surface area (TPSA) is 122 Å². The first-order valence-electron chi connectivity index (χ1n) is 30.3. The zero-order valence-corrected chi connectivity index (χ0v) is 55.4. The molecule has 0 bridgehead atoms. The van der Waals surface area contributed by atoms with Crippen LogP contribution in [0.3, 0.4) is 0 Å². The Hall–Kier alpha value is -7.90. The number of benzene rings is 8. The third-order valence-corrected chi connectivity index (χ3v) is 16.6. The number of esters is 4. The quantitative estimate of drug-likeness (QED) is 0.0178. The number of carbonyl (C=O) groups excluding carboxylic acids is 5. The summed E-state index contributed by atoms with van der Waals surface area (Å²) in [7, 11) is 0. The second-order valence-electron chi connectivity index (χ2n) is 22.4. The number of para-hydroxylation sites is 1. The lowest BCUT2D eigenvalue weighted by molar-refractivity contribution is -0.146. The molecule has 0 saturated heterocycles. The van der Waals surface area contributed by atoms with Crippen molar-refractivity contribution in [3.8, 4) is 11.5 Å². The summed E-state index contributed by atoms with van der Waals surface area (Å²) in [5, 5.41) is 0.184. The monoisotopic (exact) mass is 1250 g/mol. The molecule has 12 heteroatoms. The molecule has 0 saturated carbocycles. The van der Waals surface area contributed by atoms with Crippen LogP contribution in [0, 0.1) is 0 Å². The van der Waals surface area contributed by atoms with Crippen molar-refractivity contribution in [2.45, 2.75) is 139 Å². The summed E-state index contributed by atoms with van der Waals surface area (Å²) in [6.07, 6.45) is 1.58. The lowest BCUT2D eigenvalue weighted by Gasteiger charge is -2.18. The number of thioether (sulfide) groups is 3. The van der Waals surface area contributed by atoms with E-state index in [1.54, 1.807) is 54.7 Å². The van der Waals surface area contributed by atoms with Crippen LogP contribution in [0.25, 0.3) is 0 Å². The summed E-state index contributed by atoms with van der Waals surface area (Å²) in [4.78, 5) is 62.5. The summed E-state index contributed by atoms with van der Waals surface area (Å²) in [6.45, 7) is 22.4. The lowest BCUT2D eigenvalue weighted by atomic mass is 10.0. The van der Waals surface area contributed by atoms with Crippen LogP contribution < -0.4 is 9.47 Å². The van der Waals surface area contributed by atoms with Crippen molar-refractivity contribution in [1.29, 1.82) is 0 Å². The van der Waals surface area contributed by atoms with Gasteiger partial charge in [-0.05, 0) is 137 Å². The molecule has 0 amide bonds. The fraction of sp³-hybridized carbons (Fsp3) is 0.286. The van der Waals surface area contributed by atoms with Gasteiger partial charge in [0.2, 0.25) is 0 Å². The first-order chi connectivity index (χ1) is 42.8. The van der Waals surface area contributed by atoms with E-state index < -0.39 is 5.97 Å². The Morgan fingerprint density at radius 3 is 1.16 bits per heavy atom. The average molecular weight is 1250 g/mol. The van der Waals surface area contributed by atoms with Gasteiger partial charge in [0.05, 0.1) is 19.4 Å². The van der Waals surface area contributed by atoms with Crippen LogP contribution in [0.4, 0.5) is 0 Å². The van der Waals surface area contributed by atoms with Crippen LogP contribution in [0.5, 0.6) is 11.5 Å². The second kappa shape index (κ2) is 39.9. The molecule has 0 heterocycles. The molecule has 0 aliphatic rings. The van der Waals surface area contributed by atoms with E-state index in [-0.39, 0.29) is 42.2 Å². The van der Waals surface area contributed by atoms with Gasteiger partial charge in [0.1, 0.15) is 17.6 Å². The normalized spacial score (nSPS) is 10.7. The van der Waals surface area contributed by atoms with Crippen molar-refractivity contribution in [3.63, 3.8) is 0 Å². The predicted octanol–water partition coefficient (Wildman–Crippen LogP) is 19.1. The van der Waals surface area contributed by atoms with Crippen LogP contribution in [-0.4, -0.2) is 53.2 Å². The highest BCUT2D eigenvalue weighted by molar-refractivity contribution is 8.13. The number of hydrogen-bond acceptors (Lipinski definition) is 12. The van der Waals surface area contributed by atoms with E-state index in [1.165, 1.54) is 43.8 Å². The number of carbonyl (C=O) groups is 5. The molecule has 0 aliphatic carbocycles. The molecule has 89 heavy (non-hydrogen) atoms. The summed E-state index contributed by atoms with van der Waals surface area (Å²) in [5.74, 6) is 3.39. The maximum absolute atomic E-state index is 12.6. The van der Waals surface area contributed by atoms with E-state index in [2.05, 4.69) is 135 Å². The van der Waals surface area contributed by atoms with Crippen molar-refractivity contribution < 1.29 is 42.9 Å². The van der Waals surface area contributed by atoms with Gasteiger partial charge in [-0.25, -0.2) is 4.79 Å². The Morgan fingerprint density at radius 1 is 0.404 bits per heavy atom. The molecule has 0 spiro atoms. The molecule has 8 aromatic carbocycles. The summed E-state index contributed by atoms with van der Waals surface area (Å²) in [5.41, 5.74) is 8.47. The molecule has 466 valence electrons. The maximum Gasteiger partial charge on any atom is 0.333 e. The minimum Gasteiger partial charge on any atom is -0.462 e. The molecular formula is C77H86O9S3. The molecule has 8 aromatic rings. The zero-order chi connectivity index (χ0) is 64.3. The van der Waals surface area contributed by atoms with Crippen LogP contribution in [0.2, 0.25) is 0 Å². The van der Waals surface area contributed by atoms with E-state index in [9.17, 15) is 24.0 Å². The Kier molecular flexibility index (Phi) is 32.2. The molecule has 0 unspecified atom stereocenters. The first kappa shape index (κ1) is 71.8. The molecule has 0 aromatic heterocycles. The van der Waals surface area contributed by atoms with Gasteiger partial charge < -0.3 is 18.9 Å². The molecule has 8 rings (SSSR count). The van der Waals surface area contributed by atoms with Crippen LogP contribution in [0.15, 0.2) is 245 Å². The van der Waals surface area contributed by atoms with Crippen molar-refractivity contribution in [2.75, 3.05) is 18.1 Å². The summed E-state index contributed by atoms with van der Waals surface area (Å²) < 4.78 is 21.3. The van der Waals surface area contributed by atoms with E-state index in [4.69, 9.17) is 18.9 Å². The van der Waals surface area contributed by atoms with Gasteiger partial charge in [-0.15, -0.1) is 23.5 Å². The van der Waals surface area contributed by atoms with Gasteiger partial charge in [-0.3, -0.25) is 19.2 Å². The number of ether oxygens (including phenoxy) is 4. The number of hydrogen-bond donors (Lipinski definition) is 0. The van der Waals surface area contributed by atoms with Gasteiger partial charge in [0.15, 0.2) is 5.12 Å². The van der Waals surface area contributed by atoms with Crippen molar-refractivity contribution in [1.82, 2.24) is 0 Å². The summed E-state index contributed by atoms with van der Waals surface area (Å²) >= 11 is 4.76. The SMILES string of the molecule is C=C(C)C(=O)OCCCC(=O)Oc1ccc(C(C)C)cc1.CC(C)c1ccc(CC(=O)OC(CSc2ccccc2)CSc2ccccc2)cc1.CC(C)c1ccc(CC(=O)Oc2ccccc2)cc1.CC(C)c1ccc(CC(=O)Sc2ccccc2)cc1. The second-order valence-corrected chi connectivity index (χ2v) is 25.7. The smallest absolute Gasteiger partial charge is 0.333 e. The lowest BCUT2D eigenvalue weighted by Crippen LogP contribution is -2.24. The van der Waals surface area contributed by atoms with Crippen molar-refractivity contribution in [2.24, 2.45) is 0 Å². The van der Waals surface area contributed by atoms with Crippen LogP contribution in [0.1, 0.15) is 138 Å². The minimum atomic E-state index is -0.437. The maximum atomic E-state index is 12.6. The highest BCUT2D eigenvalue weighted by Gasteiger charge is 2.18. The van der Waals surface area contributed by atoms with E-state index in [1.807, 2.05) is 121 Å². The Bertz CT molecular complexity index is 3210. The van der Waals surface area contributed by atoms with Gasteiger partial charge in [-0.1, -0.05) is 231 Å². The molecule has 9 nitrogen and oxygen atoms in total. The summed E-state index contributed by atoms with van der Waals surface area (Å²) in [6, 6.07) is 71.6. The fourth-order valence-corrected chi connectivity index (χ4v) is 11.0. The van der Waals surface area contributed by atoms with E-state index >= 15 is 0 Å². The van der Waals surface area contributed by atoms with Crippen molar-refractivity contribution in [3.05, 3.63) is 269 Å². The van der Waals surface area contributed by atoms with E-state index in [0.717, 1.165) is 33.1 Å². The highest BCUT2D eigenvalue weighted by Crippen LogP contribution is 2.26. The van der Waals surface area contributed by atoms with Gasteiger partial charge >= 0.3 is 23.9 Å². The highest BCUT2D eigenvalue weighted by atomic mass is 32.2. The van der Waals surface area contributed by atoms with E-state index in [0.29, 0.717) is 66.4 Å². The van der Waals surface area contributed by atoms with Gasteiger partial charge in [0.25, 0.3) is 0 Å². The Balaban J connectivity index is 0.000000221. The molecule has 0 atom stereocenters. The standard InChI is InChI=1S/C26H28O2S2.C17H22O4.C17H18O2.C17H18OS/c1-20(2)22-15-13-21(14-16-22)17-26(27)28-23(18-29-24-9-5-3-6-10-24)19-30-25-11-7-4-8-12-25;1-12(2)14-7-9-15(10-8-14)21-16(18)6-5-11-20-17(19)13(3)4;2*1-13(2)15-10-8-14(9-11-15)12-17(18)19-16-6-4-3-5-7-16/h3-16,20,23H,17-19H2,1-2H3;7-10,12H,3,5-6,11H2,1-2,4H3;2*3-11,13H,12H2,1-2H3. The van der Waals surface area contributed by atoms with Crippen molar-refractivity contribution >= 4 is 64.3 Å². The average Bonchev–Trinajstić information content (AvgIpc) is 3.66. The molecular weight excluding hydrogens is 1170 g/mol. The molecule has 0 radical (unpaired) electrons. The zero-order valence-electron chi connectivity index (χ0n) is 52.9. The number of rotatable bonds is 25. The van der Waals surface area contributed by atoms with Gasteiger partial charge in [-0.2, -0.15) is 0 Å². The largest absolute Gasteiger partial charge is 0.462 e.